The van der Waals surface area contributed by atoms with Crippen LogP contribution in [0.3, 0.4) is 0 Å². The number of aryl methyl sites for hydroxylation is 2. The van der Waals surface area contributed by atoms with E-state index in [2.05, 4.69) is 5.16 Å². The van der Waals surface area contributed by atoms with Gasteiger partial charge < -0.3 is 10.9 Å². The van der Waals surface area contributed by atoms with Crippen molar-refractivity contribution in [1.29, 1.82) is 0 Å². The maximum absolute atomic E-state index is 12.6. The average Bonchev–Trinajstić information content (AvgIpc) is 2.94. The normalized spacial score (nSPS) is 15.4. The topological polar surface area (TPSA) is 96.0 Å². The van der Waals surface area contributed by atoms with E-state index in [0.29, 0.717) is 11.4 Å². The summed E-state index contributed by atoms with van der Waals surface area (Å²) in [5, 5.41) is 11.4. The van der Waals surface area contributed by atoms with Crippen molar-refractivity contribution in [3.05, 3.63) is 29.3 Å². The molecule has 0 aromatic heterocycles. The Balaban J connectivity index is 2.22. The van der Waals surface area contributed by atoms with Crippen molar-refractivity contribution in [2.75, 3.05) is 13.1 Å². The van der Waals surface area contributed by atoms with Crippen LogP contribution in [0.4, 0.5) is 0 Å². The predicted molar refractivity (Wildman–Crippen MR) is 80.9 cm³/mol. The summed E-state index contributed by atoms with van der Waals surface area (Å²) in [7, 11) is -3.54. The first-order valence-corrected chi connectivity index (χ1v) is 8.51. The number of sulfonamides is 1. The van der Waals surface area contributed by atoms with E-state index in [4.69, 9.17) is 10.9 Å². The Morgan fingerprint density at radius 1 is 1.38 bits per heavy atom. The molecule has 7 heteroatoms. The van der Waals surface area contributed by atoms with Crippen LogP contribution in [0.25, 0.3) is 0 Å². The fourth-order valence-electron chi connectivity index (χ4n) is 2.60. The van der Waals surface area contributed by atoms with Gasteiger partial charge in [-0.1, -0.05) is 18.1 Å². The molecule has 116 valence electrons. The highest BCUT2D eigenvalue weighted by atomic mass is 32.2. The summed E-state index contributed by atoms with van der Waals surface area (Å²) in [6.45, 7) is 2.32. The number of rotatable bonds is 6. The third-order valence-corrected chi connectivity index (χ3v) is 5.78. The maximum Gasteiger partial charge on any atom is 0.243 e. The largest absolute Gasteiger partial charge is 0.409 e. The van der Waals surface area contributed by atoms with Crippen molar-refractivity contribution >= 4 is 15.9 Å². The number of hydrogen-bond donors (Lipinski definition) is 2. The first-order valence-electron chi connectivity index (χ1n) is 7.07. The quantitative estimate of drug-likeness (QED) is 0.358. The number of amidine groups is 1. The molecule has 0 spiro atoms. The van der Waals surface area contributed by atoms with Gasteiger partial charge in [0.1, 0.15) is 5.84 Å². The zero-order valence-corrected chi connectivity index (χ0v) is 12.9. The zero-order chi connectivity index (χ0) is 15.5. The standard InChI is InChI=1S/C14H21N3O3S/c1-2-17(9-8-14(15)16-18)21(19,20)13-7-6-11-4-3-5-12(11)10-13/h6-7,10,18H,2-5,8-9H2,1H3,(H2,15,16). The van der Waals surface area contributed by atoms with Gasteiger partial charge >= 0.3 is 0 Å². The molecule has 0 saturated carbocycles. The minimum Gasteiger partial charge on any atom is -0.409 e. The molecule has 2 rings (SSSR count). The molecule has 0 saturated heterocycles. The molecule has 0 heterocycles. The van der Waals surface area contributed by atoms with Gasteiger partial charge in [0.2, 0.25) is 10.0 Å². The van der Waals surface area contributed by atoms with Gasteiger partial charge in [0, 0.05) is 19.5 Å². The van der Waals surface area contributed by atoms with Gasteiger partial charge in [0.15, 0.2) is 0 Å². The molecule has 1 aliphatic rings. The molecule has 1 aromatic carbocycles. The van der Waals surface area contributed by atoms with E-state index in [1.807, 2.05) is 6.07 Å². The van der Waals surface area contributed by atoms with Crippen molar-refractivity contribution < 1.29 is 13.6 Å². The molecule has 0 unspecified atom stereocenters. The van der Waals surface area contributed by atoms with Crippen LogP contribution < -0.4 is 5.73 Å². The zero-order valence-electron chi connectivity index (χ0n) is 12.1. The monoisotopic (exact) mass is 311 g/mol. The second-order valence-electron chi connectivity index (χ2n) is 5.12. The molecular formula is C14H21N3O3S. The van der Waals surface area contributed by atoms with Crippen molar-refractivity contribution in [2.24, 2.45) is 10.9 Å². The van der Waals surface area contributed by atoms with Crippen molar-refractivity contribution in [3.63, 3.8) is 0 Å². The van der Waals surface area contributed by atoms with Gasteiger partial charge in [0.25, 0.3) is 0 Å². The summed E-state index contributed by atoms with van der Waals surface area (Å²) in [6.07, 6.45) is 3.25. The molecular weight excluding hydrogens is 290 g/mol. The Bertz CT molecular complexity index is 641. The van der Waals surface area contributed by atoms with E-state index in [9.17, 15) is 8.42 Å². The Morgan fingerprint density at radius 3 is 2.76 bits per heavy atom. The van der Waals surface area contributed by atoms with Gasteiger partial charge in [-0.3, -0.25) is 0 Å². The van der Waals surface area contributed by atoms with E-state index < -0.39 is 10.0 Å². The lowest BCUT2D eigenvalue weighted by atomic mass is 10.1. The molecule has 0 radical (unpaired) electrons. The van der Waals surface area contributed by atoms with Crippen LogP contribution in [0.1, 0.15) is 30.9 Å². The minimum absolute atomic E-state index is 0.0256. The first kappa shape index (κ1) is 15.8. The van der Waals surface area contributed by atoms with Crippen molar-refractivity contribution in [1.82, 2.24) is 4.31 Å². The maximum atomic E-state index is 12.6. The van der Waals surface area contributed by atoms with Crippen LogP contribution in [0, 0.1) is 0 Å². The molecule has 1 aliphatic carbocycles. The third-order valence-electron chi connectivity index (χ3n) is 3.81. The minimum atomic E-state index is -3.54. The molecule has 0 fully saturated rings. The summed E-state index contributed by atoms with van der Waals surface area (Å²) >= 11 is 0. The van der Waals surface area contributed by atoms with Crippen molar-refractivity contribution in [2.45, 2.75) is 37.5 Å². The van der Waals surface area contributed by atoms with Crippen LogP contribution in [-0.4, -0.2) is 36.9 Å². The lowest BCUT2D eigenvalue weighted by Gasteiger charge is -2.20. The molecule has 0 atom stereocenters. The molecule has 3 N–H and O–H groups in total. The highest BCUT2D eigenvalue weighted by Gasteiger charge is 2.24. The number of oxime groups is 1. The molecule has 1 aromatic rings. The summed E-state index contributed by atoms with van der Waals surface area (Å²) in [6, 6.07) is 5.36. The lowest BCUT2D eigenvalue weighted by Crippen LogP contribution is -2.34. The number of hydrogen-bond acceptors (Lipinski definition) is 4. The number of fused-ring (bicyclic) bond motifs is 1. The van der Waals surface area contributed by atoms with E-state index in [1.165, 1.54) is 9.87 Å². The molecule has 0 amide bonds. The number of nitrogens with zero attached hydrogens (tertiary/aromatic N) is 2. The Morgan fingerprint density at radius 2 is 2.10 bits per heavy atom. The third kappa shape index (κ3) is 3.36. The highest BCUT2D eigenvalue weighted by molar-refractivity contribution is 7.89. The highest BCUT2D eigenvalue weighted by Crippen LogP contribution is 2.26. The summed E-state index contributed by atoms with van der Waals surface area (Å²) in [4.78, 5) is 0.324. The fourth-order valence-corrected chi connectivity index (χ4v) is 4.10. The van der Waals surface area contributed by atoms with Gasteiger partial charge in [-0.05, 0) is 42.5 Å². The second kappa shape index (κ2) is 6.44. The predicted octanol–water partition coefficient (Wildman–Crippen LogP) is 1.32. The van der Waals surface area contributed by atoms with E-state index in [0.717, 1.165) is 24.8 Å². The van der Waals surface area contributed by atoms with Crippen LogP contribution >= 0.6 is 0 Å². The molecule has 6 nitrogen and oxygen atoms in total. The van der Waals surface area contributed by atoms with Crippen LogP contribution in [0.2, 0.25) is 0 Å². The van der Waals surface area contributed by atoms with Gasteiger partial charge in [-0.15, -0.1) is 0 Å². The summed E-state index contributed by atoms with van der Waals surface area (Å²) in [5.74, 6) is 0.0256. The van der Waals surface area contributed by atoms with Gasteiger partial charge in [0.05, 0.1) is 4.90 Å². The SMILES string of the molecule is CCN(CCC(N)=NO)S(=O)(=O)c1ccc2c(c1)CCC2. The van der Waals surface area contributed by atoms with E-state index in [1.54, 1.807) is 19.1 Å². The Labute approximate surface area is 125 Å². The second-order valence-corrected chi connectivity index (χ2v) is 7.06. The first-order chi connectivity index (χ1) is 9.98. The summed E-state index contributed by atoms with van der Waals surface area (Å²) in [5.41, 5.74) is 7.78. The van der Waals surface area contributed by atoms with Gasteiger partial charge in [-0.25, -0.2) is 8.42 Å². The number of benzene rings is 1. The van der Waals surface area contributed by atoms with E-state index >= 15 is 0 Å². The van der Waals surface area contributed by atoms with Crippen molar-refractivity contribution in [3.8, 4) is 0 Å². The molecule has 21 heavy (non-hydrogen) atoms. The Hall–Kier alpha value is -1.60. The van der Waals surface area contributed by atoms with Crippen LogP contribution in [0.15, 0.2) is 28.3 Å². The lowest BCUT2D eigenvalue weighted by molar-refractivity contribution is 0.315. The van der Waals surface area contributed by atoms with Gasteiger partial charge in [-0.2, -0.15) is 4.31 Å². The molecule has 0 aliphatic heterocycles. The van der Waals surface area contributed by atoms with Crippen LogP contribution in [-0.2, 0) is 22.9 Å². The fraction of sp³-hybridized carbons (Fsp3) is 0.500. The average molecular weight is 311 g/mol. The Kier molecular flexibility index (Phi) is 4.84. The smallest absolute Gasteiger partial charge is 0.243 e. The summed E-state index contributed by atoms with van der Waals surface area (Å²) < 4.78 is 26.6. The molecule has 0 bridgehead atoms. The van der Waals surface area contributed by atoms with E-state index in [-0.39, 0.29) is 18.8 Å². The van der Waals surface area contributed by atoms with Crippen LogP contribution in [0.5, 0.6) is 0 Å². The number of nitrogens with two attached hydrogens (primary N) is 1.